The number of carbonyl (C=O) groups is 2. The number of primary amides is 1. The molecule has 190 valence electrons. The van der Waals surface area contributed by atoms with Crippen LogP contribution in [0.1, 0.15) is 68.5 Å². The van der Waals surface area contributed by atoms with Gasteiger partial charge in [0.1, 0.15) is 5.69 Å². The predicted octanol–water partition coefficient (Wildman–Crippen LogP) is 5.43. The minimum absolute atomic E-state index is 0.0459. The van der Waals surface area contributed by atoms with Crippen molar-refractivity contribution in [2.75, 3.05) is 5.32 Å². The topological polar surface area (TPSA) is 103 Å². The molecule has 0 atom stereocenters. The fourth-order valence-corrected chi connectivity index (χ4v) is 4.53. The van der Waals surface area contributed by atoms with E-state index in [0.717, 1.165) is 18.4 Å². The summed E-state index contributed by atoms with van der Waals surface area (Å²) >= 11 is 0. The number of anilines is 1. The fraction of sp³-hybridized carbons (Fsp3) is 0.259. The lowest BCUT2D eigenvalue weighted by atomic mass is 9.80. The summed E-state index contributed by atoms with van der Waals surface area (Å²) in [5, 5.41) is 6.55. The minimum atomic E-state index is -4.80. The van der Waals surface area contributed by atoms with E-state index in [4.69, 9.17) is 5.73 Å². The van der Waals surface area contributed by atoms with E-state index in [1.807, 2.05) is 24.3 Å². The smallest absolute Gasteiger partial charge is 0.366 e. The van der Waals surface area contributed by atoms with Crippen molar-refractivity contribution in [1.82, 2.24) is 14.8 Å². The Hall–Kier alpha value is -4.21. The molecule has 1 fully saturated rings. The van der Waals surface area contributed by atoms with Gasteiger partial charge in [-0.05, 0) is 48.9 Å². The molecule has 4 aromatic rings. The molecule has 7 nitrogen and oxygen atoms in total. The first-order valence-corrected chi connectivity index (χ1v) is 11.9. The van der Waals surface area contributed by atoms with Gasteiger partial charge in [0.2, 0.25) is 5.91 Å². The molecule has 0 saturated heterocycles. The zero-order chi connectivity index (χ0) is 26.3. The summed E-state index contributed by atoms with van der Waals surface area (Å²) in [5.41, 5.74) is 6.08. The SMILES string of the molecule is Cc1c(NC(=O)c2cc(C(N)=O)c3ccccc3n2)c(C(F)(F)F)nn1Cc1ccc(C2CCC2)cc1. The van der Waals surface area contributed by atoms with Gasteiger partial charge in [-0.15, -0.1) is 0 Å². The van der Waals surface area contributed by atoms with Crippen LogP contribution in [0, 0.1) is 6.92 Å². The van der Waals surface area contributed by atoms with Crippen LogP contribution in [0.3, 0.4) is 0 Å². The van der Waals surface area contributed by atoms with Crippen LogP contribution in [-0.2, 0) is 12.7 Å². The van der Waals surface area contributed by atoms with E-state index < -0.39 is 29.4 Å². The largest absolute Gasteiger partial charge is 0.437 e. The molecule has 0 bridgehead atoms. The number of alkyl halides is 3. The van der Waals surface area contributed by atoms with Gasteiger partial charge in [0, 0.05) is 5.39 Å². The first-order valence-electron chi connectivity index (χ1n) is 11.9. The molecule has 2 aromatic heterocycles. The number of rotatable bonds is 6. The number of carbonyl (C=O) groups excluding carboxylic acids is 2. The first-order chi connectivity index (χ1) is 17.6. The van der Waals surface area contributed by atoms with E-state index in [2.05, 4.69) is 15.4 Å². The number of hydrogen-bond donors (Lipinski definition) is 2. The molecule has 1 aliphatic rings. The Morgan fingerprint density at radius 2 is 1.81 bits per heavy atom. The van der Waals surface area contributed by atoms with Crippen LogP contribution >= 0.6 is 0 Å². The van der Waals surface area contributed by atoms with Gasteiger partial charge in [0.25, 0.3) is 5.91 Å². The highest BCUT2D eigenvalue weighted by Gasteiger charge is 2.39. The summed E-state index contributed by atoms with van der Waals surface area (Å²) in [7, 11) is 0. The molecule has 0 spiro atoms. The molecule has 3 N–H and O–H groups in total. The van der Waals surface area contributed by atoms with Crippen molar-refractivity contribution < 1.29 is 22.8 Å². The number of halogens is 3. The molecule has 2 aromatic carbocycles. The molecule has 0 radical (unpaired) electrons. The normalized spacial score (nSPS) is 13.9. The molecule has 1 saturated carbocycles. The molecular formula is C27H24F3N5O2. The van der Waals surface area contributed by atoms with E-state index in [1.54, 1.807) is 24.3 Å². The van der Waals surface area contributed by atoms with Crippen LogP contribution in [0.5, 0.6) is 0 Å². The number of nitrogens with two attached hydrogens (primary N) is 1. The van der Waals surface area contributed by atoms with E-state index in [1.165, 1.54) is 29.7 Å². The zero-order valence-electron chi connectivity index (χ0n) is 20.0. The Balaban J connectivity index is 1.46. The van der Waals surface area contributed by atoms with Crippen LogP contribution in [0.4, 0.5) is 18.9 Å². The third kappa shape index (κ3) is 4.78. The Morgan fingerprint density at radius 3 is 2.43 bits per heavy atom. The summed E-state index contributed by atoms with van der Waals surface area (Å²) in [6.07, 6.45) is -1.28. The van der Waals surface area contributed by atoms with Gasteiger partial charge < -0.3 is 11.1 Å². The standard InChI is InChI=1S/C27H24F3N5O2/c1-15-23(33-26(37)22-13-20(25(31)36)19-7-2-3-8-21(19)32-22)24(27(28,29)30)34-35(15)14-16-9-11-18(12-10-16)17-5-4-6-17/h2-3,7-13,17H,4-6,14H2,1H3,(H2,31,36)(H,33,37). The second-order valence-corrected chi connectivity index (χ2v) is 9.22. The summed E-state index contributed by atoms with van der Waals surface area (Å²) in [6.45, 7) is 1.57. The number of nitrogens with one attached hydrogen (secondary N) is 1. The van der Waals surface area contributed by atoms with Crippen molar-refractivity contribution in [2.24, 2.45) is 5.73 Å². The summed E-state index contributed by atoms with van der Waals surface area (Å²) in [4.78, 5) is 29.2. The molecule has 1 aliphatic carbocycles. The molecule has 10 heteroatoms. The van der Waals surface area contributed by atoms with E-state index in [0.29, 0.717) is 16.8 Å². The highest BCUT2D eigenvalue weighted by atomic mass is 19.4. The monoisotopic (exact) mass is 507 g/mol. The van der Waals surface area contributed by atoms with Crippen LogP contribution in [0.25, 0.3) is 10.9 Å². The quantitative estimate of drug-likeness (QED) is 0.363. The van der Waals surface area contributed by atoms with Gasteiger partial charge in [0.15, 0.2) is 5.69 Å². The predicted molar refractivity (Wildman–Crippen MR) is 132 cm³/mol. The summed E-state index contributed by atoms with van der Waals surface area (Å²) in [5.74, 6) is -1.14. The zero-order valence-corrected chi connectivity index (χ0v) is 20.0. The van der Waals surface area contributed by atoms with Crippen molar-refractivity contribution in [1.29, 1.82) is 0 Å². The third-order valence-corrected chi connectivity index (χ3v) is 6.82. The lowest BCUT2D eigenvalue weighted by molar-refractivity contribution is -0.140. The Labute approximate surface area is 210 Å². The Bertz CT molecular complexity index is 1510. The lowest BCUT2D eigenvalue weighted by Crippen LogP contribution is -2.19. The summed E-state index contributed by atoms with van der Waals surface area (Å²) < 4.78 is 42.9. The van der Waals surface area contributed by atoms with E-state index >= 15 is 0 Å². The van der Waals surface area contributed by atoms with Gasteiger partial charge >= 0.3 is 6.18 Å². The van der Waals surface area contributed by atoms with Gasteiger partial charge in [0.05, 0.1) is 29.0 Å². The lowest BCUT2D eigenvalue weighted by Gasteiger charge is -2.25. The number of pyridine rings is 1. The van der Waals surface area contributed by atoms with Gasteiger partial charge in [-0.25, -0.2) is 4.98 Å². The molecule has 5 rings (SSSR count). The number of benzene rings is 2. The van der Waals surface area contributed by atoms with Crippen molar-refractivity contribution in [3.05, 3.63) is 88.4 Å². The van der Waals surface area contributed by atoms with Crippen LogP contribution in [0.15, 0.2) is 54.6 Å². The van der Waals surface area contributed by atoms with Gasteiger partial charge in [-0.1, -0.05) is 48.9 Å². The molecule has 2 amide bonds. The number of aromatic nitrogens is 3. The average molecular weight is 508 g/mol. The number of amides is 2. The maximum Gasteiger partial charge on any atom is 0.437 e. The molecule has 2 heterocycles. The highest BCUT2D eigenvalue weighted by molar-refractivity contribution is 6.10. The minimum Gasteiger partial charge on any atom is -0.366 e. The van der Waals surface area contributed by atoms with Crippen molar-refractivity contribution in [3.63, 3.8) is 0 Å². The number of para-hydroxylation sites is 1. The van der Waals surface area contributed by atoms with Crippen LogP contribution in [0.2, 0.25) is 0 Å². The second kappa shape index (κ2) is 9.34. The fourth-order valence-electron chi connectivity index (χ4n) is 4.53. The highest BCUT2D eigenvalue weighted by Crippen LogP contribution is 2.37. The van der Waals surface area contributed by atoms with Gasteiger partial charge in [-0.3, -0.25) is 14.3 Å². The molecular weight excluding hydrogens is 483 g/mol. The molecule has 37 heavy (non-hydrogen) atoms. The molecule has 0 aliphatic heterocycles. The van der Waals surface area contributed by atoms with E-state index in [-0.39, 0.29) is 23.5 Å². The van der Waals surface area contributed by atoms with Gasteiger partial charge in [-0.2, -0.15) is 18.3 Å². The van der Waals surface area contributed by atoms with Crippen molar-refractivity contribution >= 4 is 28.4 Å². The van der Waals surface area contributed by atoms with Crippen molar-refractivity contribution in [3.8, 4) is 0 Å². The number of fused-ring (bicyclic) bond motifs is 1. The Kier molecular flexibility index (Phi) is 6.18. The number of nitrogens with zero attached hydrogens (tertiary/aromatic N) is 3. The van der Waals surface area contributed by atoms with E-state index in [9.17, 15) is 22.8 Å². The first kappa shape index (κ1) is 24.5. The maximum atomic E-state index is 13.9. The molecule has 0 unspecified atom stereocenters. The second-order valence-electron chi connectivity index (χ2n) is 9.22. The Morgan fingerprint density at radius 1 is 1.11 bits per heavy atom. The average Bonchev–Trinajstić information content (AvgIpc) is 3.13. The third-order valence-electron chi connectivity index (χ3n) is 6.82. The number of hydrogen-bond acceptors (Lipinski definition) is 4. The van der Waals surface area contributed by atoms with Crippen LogP contribution < -0.4 is 11.1 Å². The van der Waals surface area contributed by atoms with Crippen molar-refractivity contribution in [2.45, 2.75) is 44.8 Å². The summed E-state index contributed by atoms with van der Waals surface area (Å²) in [6, 6.07) is 15.5. The maximum absolute atomic E-state index is 13.9. The van der Waals surface area contributed by atoms with Crippen LogP contribution in [-0.4, -0.2) is 26.6 Å².